The molecule has 0 aliphatic rings. The highest BCUT2D eigenvalue weighted by molar-refractivity contribution is 5.95. The monoisotopic (exact) mass is 298 g/mol. The van der Waals surface area contributed by atoms with E-state index in [1.54, 1.807) is 20.8 Å². The molecule has 1 aromatic rings. The quantitative estimate of drug-likeness (QED) is 0.641. The Hall–Kier alpha value is -1.95. The Morgan fingerprint density at radius 3 is 2.14 bits per heavy atom. The molecule has 0 amide bonds. The van der Waals surface area contributed by atoms with Crippen molar-refractivity contribution in [2.45, 2.75) is 26.9 Å². The minimum atomic E-state index is -1.49. The second-order valence-corrected chi connectivity index (χ2v) is 4.43. The van der Waals surface area contributed by atoms with E-state index in [0.717, 1.165) is 6.07 Å². The molecule has 1 N–H and O–H groups in total. The standard InChI is InChI=1S/C15H19FO5/c1-4-20-14(18)12(15(19)21-5-2)13(17)11-7-6-10(16)8-9(11)3/h6-8,12-13,17H,4-5H2,1-3H3. The number of hydrogen-bond acceptors (Lipinski definition) is 5. The molecule has 1 aromatic carbocycles. The first-order valence-electron chi connectivity index (χ1n) is 6.69. The SMILES string of the molecule is CCOC(=O)C(C(=O)OCC)C(O)c1ccc(F)cc1C. The number of aliphatic hydroxyl groups excluding tert-OH is 1. The minimum absolute atomic E-state index is 0.0733. The maximum atomic E-state index is 13.1. The van der Waals surface area contributed by atoms with Crippen LogP contribution in [-0.2, 0) is 19.1 Å². The van der Waals surface area contributed by atoms with E-state index in [2.05, 4.69) is 0 Å². The summed E-state index contributed by atoms with van der Waals surface area (Å²) in [5.74, 6) is -3.69. The lowest BCUT2D eigenvalue weighted by Gasteiger charge is -2.21. The Balaban J connectivity index is 3.11. The lowest BCUT2D eigenvalue weighted by molar-refractivity contribution is -0.167. The molecule has 1 unspecified atom stereocenters. The number of benzene rings is 1. The number of halogens is 1. The third-order valence-corrected chi connectivity index (χ3v) is 2.95. The molecule has 0 bridgehead atoms. The van der Waals surface area contributed by atoms with Gasteiger partial charge in [-0.2, -0.15) is 0 Å². The van der Waals surface area contributed by atoms with Crippen molar-refractivity contribution in [2.75, 3.05) is 13.2 Å². The topological polar surface area (TPSA) is 72.8 Å². The number of esters is 2. The zero-order valence-corrected chi connectivity index (χ0v) is 12.3. The summed E-state index contributed by atoms with van der Waals surface area (Å²) in [6.45, 7) is 4.91. The second kappa shape index (κ2) is 7.73. The van der Waals surface area contributed by atoms with Gasteiger partial charge in [-0.3, -0.25) is 9.59 Å². The average molecular weight is 298 g/mol. The summed E-state index contributed by atoms with van der Waals surface area (Å²) in [4.78, 5) is 23.8. The van der Waals surface area contributed by atoms with Crippen LogP contribution in [0.15, 0.2) is 18.2 Å². The number of hydrogen-bond donors (Lipinski definition) is 1. The van der Waals surface area contributed by atoms with Crippen LogP contribution in [0.25, 0.3) is 0 Å². The van der Waals surface area contributed by atoms with Crippen molar-refractivity contribution >= 4 is 11.9 Å². The van der Waals surface area contributed by atoms with Gasteiger partial charge in [-0.25, -0.2) is 4.39 Å². The molecule has 0 spiro atoms. The maximum Gasteiger partial charge on any atom is 0.323 e. The van der Waals surface area contributed by atoms with Gasteiger partial charge in [-0.1, -0.05) is 6.07 Å². The van der Waals surface area contributed by atoms with Gasteiger partial charge in [0, 0.05) is 0 Å². The lowest BCUT2D eigenvalue weighted by Crippen LogP contribution is -2.33. The maximum absolute atomic E-state index is 13.1. The first-order valence-corrected chi connectivity index (χ1v) is 6.69. The molecule has 0 fully saturated rings. The van der Waals surface area contributed by atoms with Crippen LogP contribution in [0.5, 0.6) is 0 Å². The Morgan fingerprint density at radius 1 is 1.19 bits per heavy atom. The fraction of sp³-hybridized carbons (Fsp3) is 0.467. The van der Waals surface area contributed by atoms with Crippen molar-refractivity contribution < 1.29 is 28.6 Å². The van der Waals surface area contributed by atoms with Gasteiger partial charge in [0.15, 0.2) is 5.92 Å². The number of ether oxygens (including phenoxy) is 2. The summed E-state index contributed by atoms with van der Waals surface area (Å²) >= 11 is 0. The second-order valence-electron chi connectivity index (χ2n) is 4.43. The lowest BCUT2D eigenvalue weighted by atomic mass is 9.92. The summed E-state index contributed by atoms with van der Waals surface area (Å²) < 4.78 is 22.7. The Kier molecular flexibility index (Phi) is 6.30. The molecule has 0 saturated heterocycles. The summed E-state index contributed by atoms with van der Waals surface area (Å²) in [7, 11) is 0. The molecule has 0 radical (unpaired) electrons. The molecule has 0 saturated carbocycles. The van der Waals surface area contributed by atoms with Crippen molar-refractivity contribution in [1.29, 1.82) is 0 Å². The van der Waals surface area contributed by atoms with Gasteiger partial charge < -0.3 is 14.6 Å². The molecule has 1 atom stereocenters. The zero-order chi connectivity index (χ0) is 16.0. The predicted octanol–water partition coefficient (Wildman–Crippen LogP) is 1.91. The highest BCUT2D eigenvalue weighted by Gasteiger charge is 2.38. The van der Waals surface area contributed by atoms with E-state index in [1.807, 2.05) is 0 Å². The number of carbonyl (C=O) groups is 2. The van der Waals surface area contributed by atoms with Gasteiger partial charge in [-0.15, -0.1) is 0 Å². The largest absolute Gasteiger partial charge is 0.465 e. The summed E-state index contributed by atoms with van der Waals surface area (Å²) in [6.07, 6.45) is -1.45. The van der Waals surface area contributed by atoms with Crippen LogP contribution in [0.4, 0.5) is 4.39 Å². The normalized spacial score (nSPS) is 12.1. The smallest absolute Gasteiger partial charge is 0.323 e. The van der Waals surface area contributed by atoms with Crippen molar-refractivity contribution in [2.24, 2.45) is 5.92 Å². The molecule has 5 nitrogen and oxygen atoms in total. The van der Waals surface area contributed by atoms with E-state index in [9.17, 15) is 19.1 Å². The minimum Gasteiger partial charge on any atom is -0.465 e. The molecule has 0 aromatic heterocycles. The van der Waals surface area contributed by atoms with E-state index < -0.39 is 29.8 Å². The molecule has 116 valence electrons. The molecule has 0 aliphatic carbocycles. The molecule has 21 heavy (non-hydrogen) atoms. The van der Waals surface area contributed by atoms with Gasteiger partial charge >= 0.3 is 11.9 Å². The van der Waals surface area contributed by atoms with Gasteiger partial charge in [0.1, 0.15) is 11.9 Å². The van der Waals surface area contributed by atoms with Gasteiger partial charge in [0.05, 0.1) is 13.2 Å². The van der Waals surface area contributed by atoms with Crippen molar-refractivity contribution in [1.82, 2.24) is 0 Å². The number of rotatable bonds is 6. The number of aliphatic hydroxyl groups is 1. The van der Waals surface area contributed by atoms with Crippen molar-refractivity contribution in [3.8, 4) is 0 Å². The number of carbonyl (C=O) groups excluding carboxylic acids is 2. The third-order valence-electron chi connectivity index (χ3n) is 2.95. The molecule has 6 heteroatoms. The van der Waals surface area contributed by atoms with Crippen molar-refractivity contribution in [3.05, 3.63) is 35.1 Å². The van der Waals surface area contributed by atoms with Gasteiger partial charge in [0.25, 0.3) is 0 Å². The molecular weight excluding hydrogens is 279 g/mol. The fourth-order valence-corrected chi connectivity index (χ4v) is 1.97. The van der Waals surface area contributed by atoms with Crippen LogP contribution >= 0.6 is 0 Å². The van der Waals surface area contributed by atoms with Crippen LogP contribution in [0, 0.1) is 18.7 Å². The van der Waals surface area contributed by atoms with E-state index in [0.29, 0.717) is 5.56 Å². The summed E-state index contributed by atoms with van der Waals surface area (Å²) in [5, 5.41) is 10.3. The van der Waals surface area contributed by atoms with E-state index >= 15 is 0 Å². The van der Waals surface area contributed by atoms with E-state index in [-0.39, 0.29) is 18.8 Å². The molecule has 0 aliphatic heterocycles. The summed E-state index contributed by atoms with van der Waals surface area (Å²) in [5.41, 5.74) is 0.712. The van der Waals surface area contributed by atoms with Crippen LogP contribution < -0.4 is 0 Å². The van der Waals surface area contributed by atoms with Crippen LogP contribution in [0.1, 0.15) is 31.1 Å². The Morgan fingerprint density at radius 2 is 1.71 bits per heavy atom. The van der Waals surface area contributed by atoms with E-state index in [4.69, 9.17) is 9.47 Å². The fourth-order valence-electron chi connectivity index (χ4n) is 1.97. The average Bonchev–Trinajstić information content (AvgIpc) is 2.39. The zero-order valence-electron chi connectivity index (χ0n) is 12.3. The first-order chi connectivity index (χ1) is 9.92. The highest BCUT2D eigenvalue weighted by atomic mass is 19.1. The highest BCUT2D eigenvalue weighted by Crippen LogP contribution is 2.27. The molecule has 1 rings (SSSR count). The predicted molar refractivity (Wildman–Crippen MR) is 72.9 cm³/mol. The van der Waals surface area contributed by atoms with Crippen molar-refractivity contribution in [3.63, 3.8) is 0 Å². The molecule has 0 heterocycles. The number of aryl methyl sites for hydroxylation is 1. The van der Waals surface area contributed by atoms with Crippen LogP contribution in [-0.4, -0.2) is 30.3 Å². The molecular formula is C15H19FO5. The first kappa shape index (κ1) is 17.1. The Bertz CT molecular complexity index is 497. The van der Waals surface area contributed by atoms with Gasteiger partial charge in [-0.05, 0) is 44.0 Å². The summed E-state index contributed by atoms with van der Waals surface area (Å²) in [6, 6.07) is 3.70. The Labute approximate surface area is 122 Å². The van der Waals surface area contributed by atoms with E-state index in [1.165, 1.54) is 12.1 Å². The van der Waals surface area contributed by atoms with Gasteiger partial charge in [0.2, 0.25) is 0 Å². The van der Waals surface area contributed by atoms with Crippen LogP contribution in [0.3, 0.4) is 0 Å². The van der Waals surface area contributed by atoms with Crippen LogP contribution in [0.2, 0.25) is 0 Å². The third kappa shape index (κ3) is 4.26.